The van der Waals surface area contributed by atoms with Crippen molar-refractivity contribution < 1.29 is 14.7 Å². The molecule has 1 atom stereocenters. The first kappa shape index (κ1) is 18.3. The van der Waals surface area contributed by atoms with Crippen LogP contribution in [0.1, 0.15) is 42.6 Å². The van der Waals surface area contributed by atoms with E-state index in [-0.39, 0.29) is 5.91 Å². The summed E-state index contributed by atoms with van der Waals surface area (Å²) in [6.07, 6.45) is 2.87. The van der Waals surface area contributed by atoms with Gasteiger partial charge in [0.15, 0.2) is 0 Å². The highest BCUT2D eigenvalue weighted by atomic mass is 16.4. The van der Waals surface area contributed by atoms with Gasteiger partial charge in [0.1, 0.15) is 6.04 Å². The summed E-state index contributed by atoms with van der Waals surface area (Å²) in [7, 11) is 0. The second-order valence-corrected chi connectivity index (χ2v) is 8.42. The number of amides is 1. The zero-order chi connectivity index (χ0) is 19.1. The van der Waals surface area contributed by atoms with Gasteiger partial charge in [-0.05, 0) is 56.4 Å². The van der Waals surface area contributed by atoms with Gasteiger partial charge < -0.3 is 14.9 Å². The number of carboxylic acids is 1. The van der Waals surface area contributed by atoms with E-state index >= 15 is 0 Å². The molecule has 2 aliphatic heterocycles. The molecule has 0 aromatic heterocycles. The van der Waals surface area contributed by atoms with Crippen molar-refractivity contribution >= 4 is 17.6 Å². The molecule has 1 saturated heterocycles. The molecule has 1 aromatic carbocycles. The summed E-state index contributed by atoms with van der Waals surface area (Å²) in [5.41, 5.74) is 2.68. The van der Waals surface area contributed by atoms with Crippen molar-refractivity contribution in [3.63, 3.8) is 0 Å². The van der Waals surface area contributed by atoms with Crippen LogP contribution in [0.5, 0.6) is 0 Å². The summed E-state index contributed by atoms with van der Waals surface area (Å²) in [6, 6.07) is 5.77. The number of hydrogen-bond donors (Lipinski definition) is 1. The fourth-order valence-electron chi connectivity index (χ4n) is 4.30. The van der Waals surface area contributed by atoms with Crippen molar-refractivity contribution in [2.24, 2.45) is 5.92 Å². The molecule has 6 nitrogen and oxygen atoms in total. The molecule has 1 saturated carbocycles. The lowest BCUT2D eigenvalue weighted by molar-refractivity contribution is -0.138. The van der Waals surface area contributed by atoms with Crippen molar-refractivity contribution in [1.29, 1.82) is 0 Å². The number of piperazine rings is 1. The largest absolute Gasteiger partial charge is 0.480 e. The van der Waals surface area contributed by atoms with Crippen molar-refractivity contribution in [3.05, 3.63) is 29.3 Å². The summed E-state index contributed by atoms with van der Waals surface area (Å²) in [5, 5.41) is 9.62. The fourth-order valence-corrected chi connectivity index (χ4v) is 4.30. The SMILES string of the molecule is CC(C)N1CCN(C(=O)c2ccc3c(c2)CC(C(=O)O)N3CC2CC2)CC1. The lowest BCUT2D eigenvalue weighted by Gasteiger charge is -2.37. The van der Waals surface area contributed by atoms with Crippen LogP contribution in [0.2, 0.25) is 0 Å². The van der Waals surface area contributed by atoms with Crippen LogP contribution < -0.4 is 4.90 Å². The Morgan fingerprint density at radius 2 is 1.85 bits per heavy atom. The van der Waals surface area contributed by atoms with Crippen LogP contribution in [0.15, 0.2) is 18.2 Å². The van der Waals surface area contributed by atoms with E-state index in [1.165, 1.54) is 12.8 Å². The molecule has 0 bridgehead atoms. The van der Waals surface area contributed by atoms with Crippen LogP contribution in [0, 0.1) is 5.92 Å². The number of carbonyl (C=O) groups is 2. The predicted molar refractivity (Wildman–Crippen MR) is 104 cm³/mol. The smallest absolute Gasteiger partial charge is 0.326 e. The number of fused-ring (bicyclic) bond motifs is 1. The quantitative estimate of drug-likeness (QED) is 0.859. The summed E-state index contributed by atoms with van der Waals surface area (Å²) >= 11 is 0. The highest BCUT2D eigenvalue weighted by molar-refractivity contribution is 5.95. The van der Waals surface area contributed by atoms with Gasteiger partial charge in [-0.3, -0.25) is 9.69 Å². The van der Waals surface area contributed by atoms with Crippen LogP contribution in [0.25, 0.3) is 0 Å². The van der Waals surface area contributed by atoms with Gasteiger partial charge in [-0.25, -0.2) is 4.79 Å². The number of rotatable bonds is 5. The van der Waals surface area contributed by atoms with Crippen molar-refractivity contribution in [1.82, 2.24) is 9.80 Å². The normalized spacial score (nSPS) is 23.0. The Morgan fingerprint density at radius 3 is 2.44 bits per heavy atom. The van der Waals surface area contributed by atoms with E-state index in [1.54, 1.807) is 0 Å². The number of hydrogen-bond acceptors (Lipinski definition) is 4. The molecular weight excluding hydrogens is 342 g/mol. The van der Waals surface area contributed by atoms with Gasteiger partial charge in [0.25, 0.3) is 5.91 Å². The molecule has 1 unspecified atom stereocenters. The maximum absolute atomic E-state index is 12.9. The second-order valence-electron chi connectivity index (χ2n) is 8.42. The summed E-state index contributed by atoms with van der Waals surface area (Å²) in [5.74, 6) is -0.0883. The molecule has 1 N–H and O–H groups in total. The lowest BCUT2D eigenvalue weighted by atomic mass is 10.1. The monoisotopic (exact) mass is 371 g/mol. The number of anilines is 1. The zero-order valence-electron chi connectivity index (χ0n) is 16.2. The molecule has 27 heavy (non-hydrogen) atoms. The average molecular weight is 371 g/mol. The summed E-state index contributed by atoms with van der Waals surface area (Å²) in [6.45, 7) is 8.50. The Bertz CT molecular complexity index is 736. The van der Waals surface area contributed by atoms with Crippen LogP contribution >= 0.6 is 0 Å². The summed E-state index contributed by atoms with van der Waals surface area (Å²) < 4.78 is 0. The van der Waals surface area contributed by atoms with E-state index in [0.717, 1.165) is 44.0 Å². The number of carbonyl (C=O) groups excluding carboxylic acids is 1. The topological polar surface area (TPSA) is 64.1 Å². The predicted octanol–water partition coefficient (Wildman–Crippen LogP) is 2.08. The fraction of sp³-hybridized carbons (Fsp3) is 0.619. The molecule has 0 spiro atoms. The van der Waals surface area contributed by atoms with E-state index in [1.807, 2.05) is 28.0 Å². The molecular formula is C21H29N3O3. The maximum atomic E-state index is 12.9. The molecule has 3 aliphatic rings. The van der Waals surface area contributed by atoms with Crippen molar-refractivity contribution in [2.75, 3.05) is 37.6 Å². The third kappa shape index (κ3) is 3.68. The minimum Gasteiger partial charge on any atom is -0.480 e. The number of benzene rings is 1. The molecule has 2 heterocycles. The maximum Gasteiger partial charge on any atom is 0.326 e. The molecule has 1 amide bonds. The van der Waals surface area contributed by atoms with Crippen LogP contribution in [0.3, 0.4) is 0 Å². The molecule has 4 rings (SSSR count). The highest BCUT2D eigenvalue weighted by Gasteiger charge is 2.38. The lowest BCUT2D eigenvalue weighted by Crippen LogP contribution is -2.50. The number of nitrogens with zero attached hydrogens (tertiary/aromatic N) is 3. The third-order valence-corrected chi connectivity index (χ3v) is 6.19. The first-order chi connectivity index (χ1) is 12.9. The van der Waals surface area contributed by atoms with E-state index < -0.39 is 12.0 Å². The van der Waals surface area contributed by atoms with Gasteiger partial charge in [0.05, 0.1) is 0 Å². The van der Waals surface area contributed by atoms with Crippen molar-refractivity contribution in [2.45, 2.75) is 45.2 Å². The van der Waals surface area contributed by atoms with Gasteiger partial charge in [0.2, 0.25) is 0 Å². The molecule has 6 heteroatoms. The van der Waals surface area contributed by atoms with Crippen LogP contribution in [-0.2, 0) is 11.2 Å². The van der Waals surface area contributed by atoms with Crippen LogP contribution in [0.4, 0.5) is 5.69 Å². The van der Waals surface area contributed by atoms with E-state index in [2.05, 4.69) is 18.7 Å². The van der Waals surface area contributed by atoms with Gasteiger partial charge in [0, 0.05) is 56.4 Å². The van der Waals surface area contributed by atoms with E-state index in [0.29, 0.717) is 23.9 Å². The highest BCUT2D eigenvalue weighted by Crippen LogP contribution is 2.38. The van der Waals surface area contributed by atoms with E-state index in [4.69, 9.17) is 0 Å². The van der Waals surface area contributed by atoms with E-state index in [9.17, 15) is 14.7 Å². The molecule has 2 fully saturated rings. The third-order valence-electron chi connectivity index (χ3n) is 6.19. The number of carboxylic acid groups (broad SMARTS) is 1. The Hall–Kier alpha value is -2.08. The molecule has 1 aliphatic carbocycles. The Kier molecular flexibility index (Phi) is 4.84. The Labute approximate surface area is 160 Å². The minimum absolute atomic E-state index is 0.0636. The summed E-state index contributed by atoms with van der Waals surface area (Å²) in [4.78, 5) is 31.0. The van der Waals surface area contributed by atoms with Gasteiger partial charge in [-0.1, -0.05) is 0 Å². The first-order valence-electron chi connectivity index (χ1n) is 10.1. The first-order valence-corrected chi connectivity index (χ1v) is 10.1. The van der Waals surface area contributed by atoms with Gasteiger partial charge >= 0.3 is 5.97 Å². The Morgan fingerprint density at radius 1 is 1.15 bits per heavy atom. The van der Waals surface area contributed by atoms with Gasteiger partial charge in [-0.2, -0.15) is 0 Å². The van der Waals surface area contributed by atoms with Gasteiger partial charge in [-0.15, -0.1) is 0 Å². The molecule has 1 aromatic rings. The zero-order valence-corrected chi connectivity index (χ0v) is 16.2. The molecule has 146 valence electrons. The standard InChI is InChI=1S/C21H29N3O3/c1-14(2)22-7-9-23(10-8-22)20(25)16-5-6-18-17(11-16)12-19(21(26)27)24(18)13-15-3-4-15/h5-6,11,14-15,19H,3-4,7-10,12-13H2,1-2H3,(H,26,27). The Balaban J connectivity index is 1.49. The number of aliphatic carboxylic acids is 1. The van der Waals surface area contributed by atoms with Crippen LogP contribution in [-0.4, -0.2) is 71.6 Å². The average Bonchev–Trinajstić information content (AvgIpc) is 3.40. The minimum atomic E-state index is -0.774. The molecule has 0 radical (unpaired) electrons. The van der Waals surface area contributed by atoms with Crippen molar-refractivity contribution in [3.8, 4) is 0 Å². The second kappa shape index (κ2) is 7.15.